The van der Waals surface area contributed by atoms with Gasteiger partial charge in [0.15, 0.2) is 0 Å². The highest BCUT2D eigenvalue weighted by atomic mass is 16.2. The van der Waals surface area contributed by atoms with E-state index in [2.05, 4.69) is 41.1 Å². The predicted octanol–water partition coefficient (Wildman–Crippen LogP) is 4.72. The number of hydrogen-bond acceptors (Lipinski definition) is 3. The smallest absolute Gasteiger partial charge is 0.331 e. The average molecular weight is 429 g/mol. The Morgan fingerprint density at radius 1 is 0.969 bits per heavy atom. The van der Waals surface area contributed by atoms with Crippen molar-refractivity contribution in [3.05, 3.63) is 92.8 Å². The minimum Gasteiger partial charge on any atom is -0.341 e. The third-order valence-electron chi connectivity index (χ3n) is 6.53. The first-order valence-corrected chi connectivity index (χ1v) is 11.2. The minimum absolute atomic E-state index is 0.136. The van der Waals surface area contributed by atoms with Crippen molar-refractivity contribution in [3.8, 4) is 0 Å². The Labute approximate surface area is 186 Å². The maximum Gasteiger partial charge on any atom is 0.331 e. The first kappa shape index (κ1) is 20.4. The Hall–Kier alpha value is -3.54. The first-order chi connectivity index (χ1) is 15.5. The number of fused-ring (bicyclic) bond motifs is 1. The highest BCUT2D eigenvalue weighted by molar-refractivity contribution is 5.92. The molecular formula is C26H28N4O2. The van der Waals surface area contributed by atoms with Crippen LogP contribution in [0.5, 0.6) is 0 Å². The monoisotopic (exact) mass is 428 g/mol. The third-order valence-corrected chi connectivity index (χ3v) is 6.53. The molecule has 1 saturated carbocycles. The molecule has 2 heterocycles. The summed E-state index contributed by atoms with van der Waals surface area (Å²) in [6.45, 7) is 2.67. The lowest BCUT2D eigenvalue weighted by Crippen LogP contribution is -2.39. The van der Waals surface area contributed by atoms with Crippen LogP contribution in [0.4, 0.5) is 11.5 Å². The number of hydrogen-bond donors (Lipinski definition) is 1. The number of para-hydroxylation sites is 1. The van der Waals surface area contributed by atoms with E-state index in [0.717, 1.165) is 48.3 Å². The first-order valence-electron chi connectivity index (χ1n) is 11.2. The summed E-state index contributed by atoms with van der Waals surface area (Å²) in [5.41, 5.74) is 3.47. The Morgan fingerprint density at radius 3 is 2.34 bits per heavy atom. The van der Waals surface area contributed by atoms with Gasteiger partial charge in [0.05, 0.1) is 5.52 Å². The fourth-order valence-electron chi connectivity index (χ4n) is 4.78. The molecule has 1 aliphatic carbocycles. The molecule has 0 amide bonds. The fraction of sp³-hybridized carbons (Fsp3) is 0.308. The average Bonchev–Trinajstić information content (AvgIpc) is 3.44. The van der Waals surface area contributed by atoms with E-state index in [-0.39, 0.29) is 17.3 Å². The van der Waals surface area contributed by atoms with Crippen LogP contribution in [0.2, 0.25) is 0 Å². The molecule has 6 heteroatoms. The molecule has 6 nitrogen and oxygen atoms in total. The fourth-order valence-corrected chi connectivity index (χ4v) is 4.78. The summed E-state index contributed by atoms with van der Waals surface area (Å²) in [7, 11) is 1.58. The van der Waals surface area contributed by atoms with Crippen LogP contribution in [0.1, 0.15) is 42.9 Å². The van der Waals surface area contributed by atoms with Crippen LogP contribution in [0.15, 0.2) is 70.4 Å². The lowest BCUT2D eigenvalue weighted by molar-refractivity contribution is 0.492. The molecule has 0 aliphatic heterocycles. The van der Waals surface area contributed by atoms with Crippen LogP contribution in [-0.4, -0.2) is 13.7 Å². The standard InChI is InChI=1S/C26H28N4O2/c1-18-12-14-19(15-13-18)16-29-17-22-23(24(29)27-20-8-4-3-5-9-20)25(31)28(2)26(32)30(22)21-10-6-7-11-21/h3-5,8-9,12-15,17,21,27H,6-7,10-11,16H2,1-2H3. The maximum absolute atomic E-state index is 13.3. The lowest BCUT2D eigenvalue weighted by Gasteiger charge is -2.16. The molecule has 164 valence electrons. The molecule has 0 spiro atoms. The minimum atomic E-state index is -0.264. The second-order valence-electron chi connectivity index (χ2n) is 8.80. The Kier molecular flexibility index (Phi) is 5.21. The van der Waals surface area contributed by atoms with Gasteiger partial charge in [0, 0.05) is 31.5 Å². The molecule has 5 rings (SSSR count). The summed E-state index contributed by atoms with van der Waals surface area (Å²) < 4.78 is 5.17. The van der Waals surface area contributed by atoms with Crippen LogP contribution in [0.25, 0.3) is 10.9 Å². The van der Waals surface area contributed by atoms with E-state index in [1.807, 2.05) is 41.1 Å². The molecule has 32 heavy (non-hydrogen) atoms. The van der Waals surface area contributed by atoms with Gasteiger partial charge in [-0.25, -0.2) is 4.79 Å². The molecule has 1 N–H and O–H groups in total. The van der Waals surface area contributed by atoms with Gasteiger partial charge in [0.1, 0.15) is 11.2 Å². The maximum atomic E-state index is 13.3. The Bertz CT molecular complexity index is 1370. The summed E-state index contributed by atoms with van der Waals surface area (Å²) in [6.07, 6.45) is 6.14. The number of aromatic nitrogens is 3. The number of nitrogens with zero attached hydrogens (tertiary/aromatic N) is 3. The number of rotatable bonds is 5. The third kappa shape index (κ3) is 3.55. The highest BCUT2D eigenvalue weighted by Crippen LogP contribution is 2.33. The quantitative estimate of drug-likeness (QED) is 0.500. The van der Waals surface area contributed by atoms with Gasteiger partial charge >= 0.3 is 5.69 Å². The van der Waals surface area contributed by atoms with E-state index < -0.39 is 0 Å². The molecule has 0 unspecified atom stereocenters. The van der Waals surface area contributed by atoms with Crippen molar-refractivity contribution in [3.63, 3.8) is 0 Å². The van der Waals surface area contributed by atoms with Gasteiger partial charge in [-0.05, 0) is 37.5 Å². The van der Waals surface area contributed by atoms with Gasteiger partial charge in [-0.3, -0.25) is 13.9 Å². The molecule has 0 radical (unpaired) electrons. The number of anilines is 2. The summed E-state index contributed by atoms with van der Waals surface area (Å²) >= 11 is 0. The number of nitrogens with one attached hydrogen (secondary N) is 1. The van der Waals surface area contributed by atoms with Crippen molar-refractivity contribution in [2.75, 3.05) is 5.32 Å². The van der Waals surface area contributed by atoms with E-state index >= 15 is 0 Å². The largest absolute Gasteiger partial charge is 0.341 e. The van der Waals surface area contributed by atoms with Gasteiger partial charge in [-0.15, -0.1) is 0 Å². The summed E-state index contributed by atoms with van der Waals surface area (Å²) in [4.78, 5) is 26.5. The SMILES string of the molecule is Cc1ccc(Cn2cc3c(c2Nc2ccccc2)c(=O)n(C)c(=O)n3C2CCCC2)cc1. The highest BCUT2D eigenvalue weighted by Gasteiger charge is 2.25. The van der Waals surface area contributed by atoms with Crippen LogP contribution in [-0.2, 0) is 13.6 Å². The molecule has 1 fully saturated rings. The van der Waals surface area contributed by atoms with Crippen LogP contribution >= 0.6 is 0 Å². The molecular weight excluding hydrogens is 400 g/mol. The van der Waals surface area contributed by atoms with Crippen LogP contribution < -0.4 is 16.6 Å². The van der Waals surface area contributed by atoms with Gasteiger partial charge < -0.3 is 9.88 Å². The zero-order valence-corrected chi connectivity index (χ0v) is 18.5. The Morgan fingerprint density at radius 2 is 1.66 bits per heavy atom. The second-order valence-corrected chi connectivity index (χ2v) is 8.80. The Balaban J connectivity index is 1.75. The van der Waals surface area contributed by atoms with Gasteiger partial charge in [0.25, 0.3) is 5.56 Å². The van der Waals surface area contributed by atoms with E-state index in [1.54, 1.807) is 7.05 Å². The normalized spacial score (nSPS) is 14.3. The molecule has 2 aromatic heterocycles. The molecule has 0 atom stereocenters. The van der Waals surface area contributed by atoms with E-state index in [9.17, 15) is 9.59 Å². The number of aryl methyl sites for hydroxylation is 1. The van der Waals surface area contributed by atoms with Gasteiger partial charge in [-0.2, -0.15) is 0 Å². The zero-order valence-electron chi connectivity index (χ0n) is 18.5. The van der Waals surface area contributed by atoms with Crippen molar-refractivity contribution in [2.24, 2.45) is 7.05 Å². The molecule has 0 bridgehead atoms. The summed E-state index contributed by atoms with van der Waals surface area (Å²) in [5.74, 6) is 0.721. The van der Waals surface area contributed by atoms with Crippen molar-refractivity contribution in [2.45, 2.75) is 45.2 Å². The van der Waals surface area contributed by atoms with Crippen molar-refractivity contribution in [1.29, 1.82) is 0 Å². The topological polar surface area (TPSA) is 61.0 Å². The molecule has 1 aliphatic rings. The molecule has 2 aromatic carbocycles. The lowest BCUT2D eigenvalue weighted by atomic mass is 10.1. The predicted molar refractivity (Wildman–Crippen MR) is 129 cm³/mol. The van der Waals surface area contributed by atoms with Gasteiger partial charge in [0.2, 0.25) is 0 Å². The van der Waals surface area contributed by atoms with E-state index in [1.165, 1.54) is 10.1 Å². The van der Waals surface area contributed by atoms with E-state index in [4.69, 9.17) is 0 Å². The van der Waals surface area contributed by atoms with Crippen molar-refractivity contribution >= 4 is 22.4 Å². The van der Waals surface area contributed by atoms with Crippen molar-refractivity contribution in [1.82, 2.24) is 13.7 Å². The van der Waals surface area contributed by atoms with Crippen LogP contribution in [0.3, 0.4) is 0 Å². The molecule has 4 aromatic rings. The summed E-state index contributed by atoms with van der Waals surface area (Å²) in [5, 5.41) is 4.03. The second kappa shape index (κ2) is 8.19. The molecule has 0 saturated heterocycles. The van der Waals surface area contributed by atoms with Crippen molar-refractivity contribution < 1.29 is 0 Å². The van der Waals surface area contributed by atoms with Gasteiger partial charge in [-0.1, -0.05) is 60.9 Å². The number of benzene rings is 2. The summed E-state index contributed by atoms with van der Waals surface area (Å²) in [6, 6.07) is 18.4. The zero-order chi connectivity index (χ0) is 22.2. The van der Waals surface area contributed by atoms with E-state index in [0.29, 0.717) is 11.9 Å². The van der Waals surface area contributed by atoms with Crippen LogP contribution in [0, 0.1) is 6.92 Å².